The summed E-state index contributed by atoms with van der Waals surface area (Å²) in [4.78, 5) is 72.9. The highest BCUT2D eigenvalue weighted by Gasteiger charge is 2.30. The summed E-state index contributed by atoms with van der Waals surface area (Å²) in [5.41, 5.74) is 0. The number of carbonyl (C=O) groups excluding carboxylic acids is 4. The molecule has 0 saturated heterocycles. The van der Waals surface area contributed by atoms with Crippen molar-refractivity contribution in [2.24, 2.45) is 0 Å². The standard InChI is InChI=1S/C79H142O17P2/c1-5-9-13-17-21-25-29-33-36-40-44-48-52-56-60-64-77(82)90-70-75(96-79(84)66-62-58-54-50-46-42-38-35-31-27-23-19-15-11-7-3)72-94-98(87,88)92-68-73(80)67-91-97(85,86)93-71-74(69-89-76(81)63-59-55-51-47-43-39-32-28-24-20-16-12-8-4)95-78(83)65-61-57-53-49-45-41-37-34-30-26-22-18-14-10-6-2/h21,23,25-27,30,33-38,73-75,80H,5-20,22,24,28-29,31-32,39-72H2,1-4H3,(H,85,86)(H,87,88)/b25-21-,27-23-,30-26-,36-33-,37-34-,38-35-/t73-,74+,75+/m0/s1. The van der Waals surface area contributed by atoms with Crippen molar-refractivity contribution in [2.75, 3.05) is 39.6 Å². The molecular formula is C79H142O17P2. The molecule has 3 N–H and O–H groups in total. The van der Waals surface area contributed by atoms with Crippen LogP contribution in [-0.2, 0) is 65.4 Å². The lowest BCUT2D eigenvalue weighted by atomic mass is 10.0. The Labute approximate surface area is 596 Å². The number of carbonyl (C=O) groups is 4. The zero-order chi connectivity index (χ0) is 71.8. The van der Waals surface area contributed by atoms with E-state index in [-0.39, 0.29) is 25.7 Å². The molecular weight excluding hydrogens is 1280 g/mol. The van der Waals surface area contributed by atoms with Gasteiger partial charge in [0.2, 0.25) is 0 Å². The average Bonchev–Trinajstić information content (AvgIpc) is 1.04. The normalized spacial score (nSPS) is 14.3. The van der Waals surface area contributed by atoms with E-state index in [0.717, 1.165) is 148 Å². The summed E-state index contributed by atoms with van der Waals surface area (Å²) in [7, 11) is -9.95. The lowest BCUT2D eigenvalue weighted by Gasteiger charge is -2.21. The van der Waals surface area contributed by atoms with Gasteiger partial charge in [0.05, 0.1) is 26.4 Å². The SMILES string of the molecule is CCCCC/C=C\C/C=C\CCCCCCCC(=O)OC[C@H](COP(=O)(O)OC[C@@H](O)COP(=O)(O)OC[C@@H](COC(=O)CCCCCCCCCCCCCCC)OC(=O)CCCCCCC/C=C\C=C/CCCCCC)OC(=O)CCCCCCC/C=C\C/C=C\CCCCC. The maximum Gasteiger partial charge on any atom is 0.472 e. The third-order valence-electron chi connectivity index (χ3n) is 16.7. The van der Waals surface area contributed by atoms with Gasteiger partial charge in [0.25, 0.3) is 0 Å². The van der Waals surface area contributed by atoms with E-state index in [1.807, 2.05) is 0 Å². The topological polar surface area (TPSA) is 237 Å². The van der Waals surface area contributed by atoms with Crippen molar-refractivity contribution in [3.05, 3.63) is 72.9 Å². The predicted octanol–water partition coefficient (Wildman–Crippen LogP) is 22.4. The number of aliphatic hydroxyl groups excluding tert-OH is 1. The fraction of sp³-hybridized carbons (Fsp3) is 0.797. The van der Waals surface area contributed by atoms with Gasteiger partial charge >= 0.3 is 39.5 Å². The monoisotopic (exact) mass is 1420 g/mol. The quantitative estimate of drug-likeness (QED) is 0.0128. The number of phosphoric ester groups is 2. The molecule has 0 aliphatic carbocycles. The molecule has 0 aromatic carbocycles. The van der Waals surface area contributed by atoms with E-state index in [4.69, 9.17) is 37.0 Å². The van der Waals surface area contributed by atoms with E-state index in [1.54, 1.807) is 0 Å². The van der Waals surface area contributed by atoms with E-state index < -0.39 is 97.5 Å². The van der Waals surface area contributed by atoms with Gasteiger partial charge in [-0.1, -0.05) is 280 Å². The number of phosphoric acid groups is 2. The van der Waals surface area contributed by atoms with Crippen LogP contribution in [0.3, 0.4) is 0 Å². The maximum absolute atomic E-state index is 13.1. The first-order chi connectivity index (χ1) is 47.7. The molecule has 0 amide bonds. The third kappa shape index (κ3) is 70.9. The Morgan fingerprint density at radius 2 is 0.531 bits per heavy atom. The number of hydrogen-bond acceptors (Lipinski definition) is 15. The van der Waals surface area contributed by atoms with Gasteiger partial charge in [-0.3, -0.25) is 37.3 Å². The fourth-order valence-electron chi connectivity index (χ4n) is 10.6. The van der Waals surface area contributed by atoms with E-state index in [1.165, 1.54) is 122 Å². The Bertz CT molecular complexity index is 2140. The number of esters is 4. The molecule has 98 heavy (non-hydrogen) atoms. The average molecular weight is 1430 g/mol. The molecule has 0 aliphatic heterocycles. The highest BCUT2D eigenvalue weighted by atomic mass is 31.2. The van der Waals surface area contributed by atoms with Crippen LogP contribution in [0.2, 0.25) is 0 Å². The van der Waals surface area contributed by atoms with Crippen molar-refractivity contribution >= 4 is 39.5 Å². The zero-order valence-corrected chi connectivity index (χ0v) is 64.0. The van der Waals surface area contributed by atoms with Gasteiger partial charge in [0.1, 0.15) is 19.3 Å². The van der Waals surface area contributed by atoms with E-state index >= 15 is 0 Å². The van der Waals surface area contributed by atoms with Crippen molar-refractivity contribution in [3.63, 3.8) is 0 Å². The molecule has 0 aliphatic rings. The second-order valence-electron chi connectivity index (χ2n) is 26.3. The smallest absolute Gasteiger partial charge is 0.462 e. The molecule has 0 rings (SSSR count). The van der Waals surface area contributed by atoms with Crippen LogP contribution in [0.5, 0.6) is 0 Å². The molecule has 0 bridgehead atoms. The van der Waals surface area contributed by atoms with E-state index in [9.17, 15) is 43.2 Å². The van der Waals surface area contributed by atoms with Crippen molar-refractivity contribution in [1.29, 1.82) is 0 Å². The molecule has 570 valence electrons. The van der Waals surface area contributed by atoms with Crippen LogP contribution in [0.4, 0.5) is 0 Å². The molecule has 0 radical (unpaired) electrons. The van der Waals surface area contributed by atoms with E-state index in [2.05, 4.69) is 101 Å². The number of ether oxygens (including phenoxy) is 4. The number of aliphatic hydroxyl groups is 1. The molecule has 0 spiro atoms. The summed E-state index contributed by atoms with van der Waals surface area (Å²) in [6, 6.07) is 0. The molecule has 19 heteroatoms. The van der Waals surface area contributed by atoms with Crippen LogP contribution in [-0.4, -0.2) is 96.7 Å². The Morgan fingerprint density at radius 3 is 0.847 bits per heavy atom. The number of rotatable bonds is 74. The Kier molecular flexibility index (Phi) is 69.3. The molecule has 0 fully saturated rings. The molecule has 0 heterocycles. The lowest BCUT2D eigenvalue weighted by molar-refractivity contribution is -0.161. The molecule has 0 aromatic heterocycles. The van der Waals surface area contributed by atoms with Crippen molar-refractivity contribution in [2.45, 2.75) is 367 Å². The van der Waals surface area contributed by atoms with E-state index in [0.29, 0.717) is 25.7 Å². The summed E-state index contributed by atoms with van der Waals surface area (Å²) in [5.74, 6) is -2.20. The van der Waals surface area contributed by atoms with Crippen LogP contribution < -0.4 is 0 Å². The van der Waals surface area contributed by atoms with Gasteiger partial charge in [-0.2, -0.15) is 0 Å². The molecule has 2 unspecified atom stereocenters. The fourth-order valence-corrected chi connectivity index (χ4v) is 12.2. The highest BCUT2D eigenvalue weighted by molar-refractivity contribution is 7.47. The Morgan fingerprint density at radius 1 is 0.296 bits per heavy atom. The molecule has 17 nitrogen and oxygen atoms in total. The minimum atomic E-state index is -4.98. The Balaban J connectivity index is 5.37. The van der Waals surface area contributed by atoms with Crippen molar-refractivity contribution in [1.82, 2.24) is 0 Å². The van der Waals surface area contributed by atoms with Gasteiger partial charge in [-0.15, -0.1) is 0 Å². The van der Waals surface area contributed by atoms with Crippen molar-refractivity contribution in [3.8, 4) is 0 Å². The molecule has 0 aromatic rings. The van der Waals surface area contributed by atoms with Gasteiger partial charge in [-0.05, 0) is 116 Å². The van der Waals surface area contributed by atoms with Gasteiger partial charge in [0.15, 0.2) is 12.2 Å². The summed E-state index contributed by atoms with van der Waals surface area (Å²) < 4.78 is 68.5. The summed E-state index contributed by atoms with van der Waals surface area (Å²) in [5, 5.41) is 10.6. The second kappa shape index (κ2) is 71.9. The third-order valence-corrected chi connectivity index (χ3v) is 18.6. The van der Waals surface area contributed by atoms with Crippen molar-refractivity contribution < 1.29 is 80.2 Å². The summed E-state index contributed by atoms with van der Waals surface area (Å²) in [6.45, 7) is 4.80. The zero-order valence-electron chi connectivity index (χ0n) is 62.2. The van der Waals surface area contributed by atoms with Gasteiger partial charge < -0.3 is 33.8 Å². The van der Waals surface area contributed by atoms with Crippen LogP contribution in [0.25, 0.3) is 0 Å². The highest BCUT2D eigenvalue weighted by Crippen LogP contribution is 2.45. The minimum absolute atomic E-state index is 0.0779. The lowest BCUT2D eigenvalue weighted by Crippen LogP contribution is -2.30. The maximum atomic E-state index is 13.1. The van der Waals surface area contributed by atoms with Crippen LogP contribution >= 0.6 is 15.6 Å². The number of hydrogen-bond donors (Lipinski definition) is 3. The first-order valence-electron chi connectivity index (χ1n) is 39.2. The first kappa shape index (κ1) is 94.5. The summed E-state index contributed by atoms with van der Waals surface area (Å²) in [6.07, 6.45) is 71.6. The number of unbranched alkanes of at least 4 members (excludes halogenated alkanes) is 37. The van der Waals surface area contributed by atoms with Crippen LogP contribution in [0.15, 0.2) is 72.9 Å². The molecule has 0 saturated carbocycles. The van der Waals surface area contributed by atoms with Gasteiger partial charge in [0, 0.05) is 25.7 Å². The van der Waals surface area contributed by atoms with Crippen LogP contribution in [0.1, 0.15) is 349 Å². The first-order valence-corrected chi connectivity index (χ1v) is 42.2. The number of allylic oxidation sites excluding steroid dienone is 12. The van der Waals surface area contributed by atoms with Crippen LogP contribution in [0, 0.1) is 0 Å². The Hall–Kier alpha value is -3.50. The largest absolute Gasteiger partial charge is 0.472 e. The van der Waals surface area contributed by atoms with Gasteiger partial charge in [-0.25, -0.2) is 9.13 Å². The predicted molar refractivity (Wildman–Crippen MR) is 400 cm³/mol. The minimum Gasteiger partial charge on any atom is -0.462 e. The summed E-state index contributed by atoms with van der Waals surface area (Å²) >= 11 is 0. The molecule has 5 atom stereocenters. The second-order valence-corrected chi connectivity index (χ2v) is 29.2.